The van der Waals surface area contributed by atoms with Gasteiger partial charge in [-0.1, -0.05) is 6.92 Å². The number of rotatable bonds is 5. The number of hydrogen-bond acceptors (Lipinski definition) is 4. The molecule has 1 amide bonds. The van der Waals surface area contributed by atoms with Crippen LogP contribution in [-0.4, -0.2) is 33.2 Å². The number of amides is 1. The summed E-state index contributed by atoms with van der Waals surface area (Å²) in [6, 6.07) is 4.02. The van der Waals surface area contributed by atoms with E-state index in [9.17, 15) is 9.59 Å². The van der Waals surface area contributed by atoms with Gasteiger partial charge in [-0.3, -0.25) is 9.89 Å². The molecule has 0 bridgehead atoms. The molecule has 0 radical (unpaired) electrons. The Hall–Kier alpha value is -2.57. The molecule has 2 heterocycles. The summed E-state index contributed by atoms with van der Waals surface area (Å²) in [5.74, 6) is -1.06. The zero-order chi connectivity index (χ0) is 13.8. The summed E-state index contributed by atoms with van der Waals surface area (Å²) in [5, 5.41) is 17.7. The van der Waals surface area contributed by atoms with Gasteiger partial charge in [0, 0.05) is 6.07 Å². The first-order chi connectivity index (χ1) is 9.11. The lowest BCUT2D eigenvalue weighted by molar-refractivity contribution is -0.139. The number of aromatic nitrogens is 2. The van der Waals surface area contributed by atoms with Gasteiger partial charge in [0.1, 0.15) is 11.7 Å². The summed E-state index contributed by atoms with van der Waals surface area (Å²) < 4.78 is 5.16. The van der Waals surface area contributed by atoms with E-state index in [4.69, 9.17) is 9.52 Å². The van der Waals surface area contributed by atoms with E-state index in [2.05, 4.69) is 15.5 Å². The molecule has 1 unspecified atom stereocenters. The van der Waals surface area contributed by atoms with Crippen LogP contribution < -0.4 is 5.32 Å². The molecule has 0 aliphatic heterocycles. The van der Waals surface area contributed by atoms with Crippen LogP contribution in [0, 0.1) is 0 Å². The number of H-pyrrole nitrogens is 1. The topological polar surface area (TPSA) is 108 Å². The van der Waals surface area contributed by atoms with Gasteiger partial charge >= 0.3 is 5.97 Å². The highest BCUT2D eigenvalue weighted by Crippen LogP contribution is 2.17. The van der Waals surface area contributed by atoms with Crippen LogP contribution in [0.15, 0.2) is 28.9 Å². The lowest BCUT2D eigenvalue weighted by Crippen LogP contribution is -2.40. The highest BCUT2D eigenvalue weighted by atomic mass is 16.4. The van der Waals surface area contributed by atoms with Gasteiger partial charge in [-0.25, -0.2) is 4.79 Å². The molecule has 19 heavy (non-hydrogen) atoms. The minimum absolute atomic E-state index is 0.117. The van der Waals surface area contributed by atoms with Crippen molar-refractivity contribution in [2.75, 3.05) is 0 Å². The van der Waals surface area contributed by atoms with Crippen molar-refractivity contribution in [3.8, 4) is 11.5 Å². The summed E-state index contributed by atoms with van der Waals surface area (Å²) >= 11 is 0. The zero-order valence-corrected chi connectivity index (χ0v) is 10.2. The standard InChI is InChI=1S/C12H13N3O4/c1-2-7(12(17)18)13-11(16)9-6-8(14-15-9)10-4-3-5-19-10/h3-7H,2H2,1H3,(H,13,16)(H,14,15)(H,17,18). The number of aliphatic carboxylic acids is 1. The number of hydrogen-bond donors (Lipinski definition) is 3. The molecule has 7 heteroatoms. The van der Waals surface area contributed by atoms with Gasteiger partial charge in [-0.15, -0.1) is 0 Å². The van der Waals surface area contributed by atoms with Crippen molar-refractivity contribution < 1.29 is 19.1 Å². The van der Waals surface area contributed by atoms with E-state index in [1.165, 1.54) is 12.3 Å². The number of nitrogens with zero attached hydrogens (tertiary/aromatic N) is 1. The predicted octanol–water partition coefficient (Wildman–Crippen LogP) is 1.26. The van der Waals surface area contributed by atoms with Gasteiger partial charge in [-0.2, -0.15) is 5.10 Å². The lowest BCUT2D eigenvalue weighted by Gasteiger charge is -2.10. The monoisotopic (exact) mass is 263 g/mol. The first-order valence-electron chi connectivity index (χ1n) is 5.74. The minimum atomic E-state index is -1.07. The molecule has 0 aromatic carbocycles. The average Bonchev–Trinajstić information content (AvgIpc) is 3.04. The molecule has 2 aromatic rings. The number of carbonyl (C=O) groups is 2. The lowest BCUT2D eigenvalue weighted by atomic mass is 10.2. The van der Waals surface area contributed by atoms with Crippen LogP contribution in [0.25, 0.3) is 11.5 Å². The number of carbonyl (C=O) groups excluding carboxylic acids is 1. The van der Waals surface area contributed by atoms with Crippen molar-refractivity contribution in [1.29, 1.82) is 0 Å². The first-order valence-corrected chi connectivity index (χ1v) is 5.74. The molecule has 0 aliphatic carbocycles. The first kappa shape index (κ1) is 12.9. The Morgan fingerprint density at radius 1 is 1.58 bits per heavy atom. The summed E-state index contributed by atoms with van der Waals surface area (Å²) in [4.78, 5) is 22.6. The van der Waals surface area contributed by atoms with Crippen molar-refractivity contribution in [3.05, 3.63) is 30.2 Å². The van der Waals surface area contributed by atoms with E-state index in [1.807, 2.05) is 0 Å². The Kier molecular flexibility index (Phi) is 3.65. The summed E-state index contributed by atoms with van der Waals surface area (Å²) in [6.45, 7) is 1.68. The molecular weight excluding hydrogens is 250 g/mol. The molecule has 3 N–H and O–H groups in total. The van der Waals surface area contributed by atoms with Gasteiger partial charge in [0.25, 0.3) is 5.91 Å². The maximum Gasteiger partial charge on any atom is 0.326 e. The van der Waals surface area contributed by atoms with Gasteiger partial charge in [-0.05, 0) is 18.6 Å². The molecule has 0 spiro atoms. The molecule has 0 aliphatic rings. The Morgan fingerprint density at radius 3 is 2.95 bits per heavy atom. The fraction of sp³-hybridized carbons (Fsp3) is 0.250. The van der Waals surface area contributed by atoms with Crippen LogP contribution in [0.1, 0.15) is 23.8 Å². The van der Waals surface area contributed by atoms with Crippen LogP contribution in [-0.2, 0) is 4.79 Å². The molecule has 0 saturated heterocycles. The molecule has 7 nitrogen and oxygen atoms in total. The van der Waals surface area contributed by atoms with Gasteiger partial charge in [0.2, 0.25) is 0 Å². The third-order valence-electron chi connectivity index (χ3n) is 2.61. The maximum absolute atomic E-state index is 11.8. The van der Waals surface area contributed by atoms with E-state index in [0.717, 1.165) is 0 Å². The third kappa shape index (κ3) is 2.82. The van der Waals surface area contributed by atoms with Crippen LogP contribution in [0.5, 0.6) is 0 Å². The molecule has 0 saturated carbocycles. The van der Waals surface area contributed by atoms with Crippen LogP contribution in [0.4, 0.5) is 0 Å². The van der Waals surface area contributed by atoms with E-state index in [-0.39, 0.29) is 5.69 Å². The van der Waals surface area contributed by atoms with E-state index < -0.39 is 17.9 Å². The number of carboxylic acid groups (broad SMARTS) is 1. The summed E-state index contributed by atoms with van der Waals surface area (Å²) in [6.07, 6.45) is 1.81. The molecule has 2 aromatic heterocycles. The van der Waals surface area contributed by atoms with Crippen molar-refractivity contribution >= 4 is 11.9 Å². The Bertz CT molecular complexity index is 574. The largest absolute Gasteiger partial charge is 0.480 e. The summed E-state index contributed by atoms with van der Waals surface area (Å²) in [5.41, 5.74) is 0.671. The average molecular weight is 263 g/mol. The zero-order valence-electron chi connectivity index (χ0n) is 10.2. The Morgan fingerprint density at radius 2 is 2.37 bits per heavy atom. The Labute approximate surface area is 108 Å². The normalized spacial score (nSPS) is 12.1. The molecule has 0 fully saturated rings. The van der Waals surface area contributed by atoms with Crippen molar-refractivity contribution in [2.45, 2.75) is 19.4 Å². The number of carboxylic acids is 1. The Balaban J connectivity index is 2.10. The smallest absolute Gasteiger partial charge is 0.326 e. The van der Waals surface area contributed by atoms with E-state index in [0.29, 0.717) is 17.9 Å². The van der Waals surface area contributed by atoms with Crippen LogP contribution in [0.3, 0.4) is 0 Å². The molecule has 2 rings (SSSR count). The predicted molar refractivity (Wildman–Crippen MR) is 65.5 cm³/mol. The second kappa shape index (κ2) is 5.38. The quantitative estimate of drug-likeness (QED) is 0.752. The van der Waals surface area contributed by atoms with Crippen LogP contribution >= 0.6 is 0 Å². The number of furan rings is 1. The van der Waals surface area contributed by atoms with Gasteiger partial charge in [0.15, 0.2) is 11.5 Å². The highest BCUT2D eigenvalue weighted by Gasteiger charge is 2.20. The van der Waals surface area contributed by atoms with Crippen molar-refractivity contribution in [1.82, 2.24) is 15.5 Å². The second-order valence-corrected chi connectivity index (χ2v) is 3.92. The van der Waals surface area contributed by atoms with Crippen LogP contribution in [0.2, 0.25) is 0 Å². The highest BCUT2D eigenvalue weighted by molar-refractivity contribution is 5.95. The van der Waals surface area contributed by atoms with Gasteiger partial charge < -0.3 is 14.8 Å². The third-order valence-corrected chi connectivity index (χ3v) is 2.61. The fourth-order valence-corrected chi connectivity index (χ4v) is 1.57. The fourth-order valence-electron chi connectivity index (χ4n) is 1.57. The molecular formula is C12H13N3O4. The number of nitrogens with one attached hydrogen (secondary N) is 2. The van der Waals surface area contributed by atoms with E-state index in [1.54, 1.807) is 19.1 Å². The second-order valence-electron chi connectivity index (χ2n) is 3.92. The summed E-state index contributed by atoms with van der Waals surface area (Å²) in [7, 11) is 0. The minimum Gasteiger partial charge on any atom is -0.480 e. The maximum atomic E-state index is 11.8. The van der Waals surface area contributed by atoms with Crippen molar-refractivity contribution in [2.24, 2.45) is 0 Å². The number of aromatic amines is 1. The molecule has 100 valence electrons. The molecule has 1 atom stereocenters. The van der Waals surface area contributed by atoms with Gasteiger partial charge in [0.05, 0.1) is 6.26 Å². The SMILES string of the molecule is CCC(NC(=O)c1cc(-c2ccco2)[nH]n1)C(=O)O. The van der Waals surface area contributed by atoms with Crippen molar-refractivity contribution in [3.63, 3.8) is 0 Å². The van der Waals surface area contributed by atoms with E-state index >= 15 is 0 Å².